The van der Waals surface area contributed by atoms with E-state index in [1.54, 1.807) is 42.0 Å². The van der Waals surface area contributed by atoms with Gasteiger partial charge in [-0.15, -0.1) is 34.9 Å². The van der Waals surface area contributed by atoms with Gasteiger partial charge in [0.05, 0.1) is 7.11 Å². The van der Waals surface area contributed by atoms with Gasteiger partial charge in [-0.2, -0.15) is 0 Å². The van der Waals surface area contributed by atoms with Crippen LogP contribution in [0.5, 0.6) is 5.75 Å². The third kappa shape index (κ3) is 4.26. The fourth-order valence-corrected chi connectivity index (χ4v) is 6.51. The van der Waals surface area contributed by atoms with E-state index in [4.69, 9.17) is 4.74 Å². The molecular weight excluding hydrogens is 392 g/mol. The van der Waals surface area contributed by atoms with Gasteiger partial charge in [0.25, 0.3) is 0 Å². The molecule has 1 aromatic heterocycles. The van der Waals surface area contributed by atoms with Crippen LogP contribution in [-0.2, 0) is 4.79 Å². The third-order valence-corrected chi connectivity index (χ3v) is 8.21. The molecule has 0 unspecified atom stereocenters. The van der Waals surface area contributed by atoms with Crippen LogP contribution in [0.1, 0.15) is 16.9 Å². The van der Waals surface area contributed by atoms with Crippen LogP contribution in [0, 0.1) is 0 Å². The number of benzene rings is 2. The number of hydrogen-bond donors (Lipinski definition) is 0. The number of carbonyl (C=O) groups excluding carboxylic acids is 1. The Morgan fingerprint density at radius 1 is 1.07 bits per heavy atom. The van der Waals surface area contributed by atoms with Crippen LogP contribution in [0.3, 0.4) is 0 Å². The number of carbonyl (C=O) groups is 1. The van der Waals surface area contributed by atoms with Crippen LogP contribution < -0.4 is 4.74 Å². The molecular formula is C22H20O2S3. The van der Waals surface area contributed by atoms with E-state index in [0.717, 1.165) is 44.0 Å². The molecule has 0 radical (unpaired) electrons. The molecule has 27 heavy (non-hydrogen) atoms. The lowest BCUT2D eigenvalue weighted by atomic mass is 9.98. The minimum atomic E-state index is -0.00322. The Bertz CT molecular complexity index is 970. The summed E-state index contributed by atoms with van der Waals surface area (Å²) in [4.78, 5) is 14.4. The first-order valence-corrected chi connectivity index (χ1v) is 11.8. The molecule has 2 aromatic carbocycles. The molecule has 3 aromatic rings. The number of ether oxygens (including phenoxy) is 1. The fraction of sp³-hybridized carbons (Fsp3) is 0.227. The molecule has 1 aliphatic heterocycles. The number of rotatable bonds is 5. The highest BCUT2D eigenvalue weighted by Crippen LogP contribution is 2.36. The summed E-state index contributed by atoms with van der Waals surface area (Å²) in [5.74, 6) is 3.20. The van der Waals surface area contributed by atoms with E-state index < -0.39 is 0 Å². The maximum atomic E-state index is 13.3. The highest BCUT2D eigenvalue weighted by molar-refractivity contribution is 8.18. The van der Waals surface area contributed by atoms with Crippen molar-refractivity contribution in [3.05, 3.63) is 64.4 Å². The van der Waals surface area contributed by atoms with Crippen LogP contribution in [0.2, 0.25) is 0 Å². The number of Topliss-reactive ketones (excluding diaryl/α,β-unsaturated/α-hetero) is 1. The van der Waals surface area contributed by atoms with Gasteiger partial charge in [-0.1, -0.05) is 24.3 Å². The largest absolute Gasteiger partial charge is 0.497 e. The highest BCUT2D eigenvalue weighted by atomic mass is 32.2. The number of methoxy groups -OCH3 is 1. The predicted molar refractivity (Wildman–Crippen MR) is 121 cm³/mol. The zero-order chi connectivity index (χ0) is 18.6. The van der Waals surface area contributed by atoms with Crippen LogP contribution in [0.15, 0.2) is 53.9 Å². The molecule has 1 fully saturated rings. The molecule has 1 aliphatic rings. The van der Waals surface area contributed by atoms with E-state index in [1.807, 2.05) is 29.7 Å². The van der Waals surface area contributed by atoms with Crippen LogP contribution in [0.4, 0.5) is 0 Å². The molecule has 0 N–H and O–H groups in total. The zero-order valence-corrected chi connectivity index (χ0v) is 17.5. The predicted octanol–water partition coefficient (Wildman–Crippen LogP) is 6.22. The van der Waals surface area contributed by atoms with E-state index >= 15 is 0 Å². The topological polar surface area (TPSA) is 26.3 Å². The Labute approximate surface area is 172 Å². The Morgan fingerprint density at radius 3 is 2.59 bits per heavy atom. The van der Waals surface area contributed by atoms with Crippen molar-refractivity contribution in [2.75, 3.05) is 18.6 Å². The second-order valence-electron chi connectivity index (χ2n) is 6.29. The first kappa shape index (κ1) is 18.7. The molecule has 0 spiro atoms. The number of fused-ring (bicyclic) bond motifs is 1. The van der Waals surface area contributed by atoms with Gasteiger partial charge < -0.3 is 4.74 Å². The van der Waals surface area contributed by atoms with Crippen molar-refractivity contribution in [3.63, 3.8) is 0 Å². The second-order valence-corrected chi connectivity index (χ2v) is 10.00. The summed E-state index contributed by atoms with van der Waals surface area (Å²) in [6, 6.07) is 16.4. The zero-order valence-electron chi connectivity index (χ0n) is 15.0. The van der Waals surface area contributed by atoms with Crippen molar-refractivity contribution in [2.24, 2.45) is 0 Å². The lowest BCUT2D eigenvalue weighted by Crippen LogP contribution is -2.19. The third-order valence-electron chi connectivity index (χ3n) is 4.49. The molecule has 4 rings (SSSR count). The van der Waals surface area contributed by atoms with Crippen LogP contribution >= 0.6 is 34.9 Å². The summed E-state index contributed by atoms with van der Waals surface area (Å²) in [6.45, 7) is 0. The highest BCUT2D eigenvalue weighted by Gasteiger charge is 2.26. The van der Waals surface area contributed by atoms with Gasteiger partial charge in [-0.05, 0) is 70.0 Å². The van der Waals surface area contributed by atoms with Crippen molar-refractivity contribution in [1.29, 1.82) is 0 Å². The molecule has 138 valence electrons. The Hall–Kier alpha value is -1.69. The second kappa shape index (κ2) is 8.55. The number of thioether (sulfide) groups is 2. The molecule has 2 nitrogen and oxygen atoms in total. The number of thiophene rings is 1. The summed E-state index contributed by atoms with van der Waals surface area (Å²) >= 11 is 5.21. The SMILES string of the molecule is COc1ccc2cc(C(=Cc3cccs3)C(=O)C3SCCCS3)ccc2c1. The lowest BCUT2D eigenvalue weighted by Gasteiger charge is -2.21. The normalized spacial score (nSPS) is 15.8. The van der Waals surface area contributed by atoms with E-state index in [-0.39, 0.29) is 10.4 Å². The van der Waals surface area contributed by atoms with Gasteiger partial charge in [0.1, 0.15) is 10.3 Å². The van der Waals surface area contributed by atoms with Crippen molar-refractivity contribution in [2.45, 2.75) is 11.0 Å². The fourth-order valence-electron chi connectivity index (χ4n) is 3.10. The molecule has 0 saturated carbocycles. The minimum absolute atomic E-state index is 0.00322. The summed E-state index contributed by atoms with van der Waals surface area (Å²) in [5.41, 5.74) is 1.79. The maximum Gasteiger partial charge on any atom is 0.186 e. The molecule has 0 bridgehead atoms. The number of ketones is 1. The van der Waals surface area contributed by atoms with Crippen LogP contribution in [0.25, 0.3) is 22.4 Å². The minimum Gasteiger partial charge on any atom is -0.497 e. The van der Waals surface area contributed by atoms with E-state index in [1.165, 1.54) is 6.42 Å². The van der Waals surface area contributed by atoms with Crippen molar-refractivity contribution in [3.8, 4) is 5.75 Å². The average Bonchev–Trinajstić information content (AvgIpc) is 3.24. The van der Waals surface area contributed by atoms with Gasteiger partial charge in [0.15, 0.2) is 5.78 Å². The lowest BCUT2D eigenvalue weighted by molar-refractivity contribution is -0.112. The van der Waals surface area contributed by atoms with E-state index in [2.05, 4.69) is 30.3 Å². The summed E-state index contributed by atoms with van der Waals surface area (Å²) in [6.07, 6.45) is 3.23. The summed E-state index contributed by atoms with van der Waals surface area (Å²) in [7, 11) is 1.68. The van der Waals surface area contributed by atoms with Crippen LogP contribution in [-0.4, -0.2) is 29.0 Å². The Morgan fingerprint density at radius 2 is 1.85 bits per heavy atom. The average molecular weight is 413 g/mol. The first-order chi connectivity index (χ1) is 13.2. The Kier molecular flexibility index (Phi) is 5.91. The van der Waals surface area contributed by atoms with Crippen molar-refractivity contribution < 1.29 is 9.53 Å². The molecule has 1 saturated heterocycles. The van der Waals surface area contributed by atoms with Crippen molar-refractivity contribution >= 4 is 63.1 Å². The smallest absolute Gasteiger partial charge is 0.186 e. The van der Waals surface area contributed by atoms with Gasteiger partial charge in [-0.25, -0.2) is 0 Å². The van der Waals surface area contributed by atoms with Gasteiger partial charge in [0, 0.05) is 10.5 Å². The number of hydrogen-bond acceptors (Lipinski definition) is 5. The standard InChI is InChI=1S/C22H20O2S3/c1-24-18-8-7-15-12-17(6-5-16(15)13-18)20(14-19-4-2-9-25-19)21(23)22-26-10-3-11-27-22/h2,4-9,12-14,22H,3,10-11H2,1H3. The van der Waals surface area contributed by atoms with E-state index in [0.29, 0.717) is 0 Å². The summed E-state index contributed by atoms with van der Waals surface area (Å²) in [5, 5.41) is 4.27. The van der Waals surface area contributed by atoms with E-state index in [9.17, 15) is 4.79 Å². The van der Waals surface area contributed by atoms with Gasteiger partial charge in [-0.3, -0.25) is 4.79 Å². The molecule has 2 heterocycles. The molecule has 0 atom stereocenters. The number of allylic oxidation sites excluding steroid dienone is 1. The quantitative estimate of drug-likeness (QED) is 0.465. The Balaban J connectivity index is 1.75. The summed E-state index contributed by atoms with van der Waals surface area (Å²) < 4.78 is 5.31. The van der Waals surface area contributed by atoms with Crippen molar-refractivity contribution in [1.82, 2.24) is 0 Å². The monoisotopic (exact) mass is 412 g/mol. The van der Waals surface area contributed by atoms with Gasteiger partial charge >= 0.3 is 0 Å². The van der Waals surface area contributed by atoms with Gasteiger partial charge in [0.2, 0.25) is 0 Å². The first-order valence-electron chi connectivity index (χ1n) is 8.85. The molecule has 0 amide bonds. The maximum absolute atomic E-state index is 13.3. The molecule has 0 aliphatic carbocycles. The molecule has 5 heteroatoms.